The lowest BCUT2D eigenvalue weighted by atomic mass is 10.1. The van der Waals surface area contributed by atoms with Crippen molar-refractivity contribution in [2.24, 2.45) is 0 Å². The van der Waals surface area contributed by atoms with Crippen molar-refractivity contribution < 1.29 is 9.84 Å². The third-order valence-electron chi connectivity index (χ3n) is 3.56. The highest BCUT2D eigenvalue weighted by atomic mass is 16.5. The summed E-state index contributed by atoms with van der Waals surface area (Å²) in [5.74, 6) is 1.42. The number of rotatable bonds is 5. The van der Waals surface area contributed by atoms with E-state index in [0.717, 1.165) is 25.5 Å². The zero-order valence-electron chi connectivity index (χ0n) is 13.4. The van der Waals surface area contributed by atoms with E-state index in [4.69, 9.17) is 4.74 Å². The molecule has 2 atom stereocenters. The first kappa shape index (κ1) is 16.0. The minimum atomic E-state index is -0.296. The molecule has 1 N–H and O–H groups in total. The predicted octanol–water partition coefficient (Wildman–Crippen LogP) is 1.16. The van der Waals surface area contributed by atoms with Crippen LogP contribution in [0.5, 0.6) is 5.88 Å². The fourth-order valence-electron chi connectivity index (χ4n) is 2.64. The Hall–Kier alpha value is -1.40. The van der Waals surface area contributed by atoms with E-state index in [2.05, 4.69) is 26.7 Å². The molecule has 118 valence electrons. The van der Waals surface area contributed by atoms with Crippen LogP contribution in [-0.4, -0.2) is 64.4 Å². The summed E-state index contributed by atoms with van der Waals surface area (Å²) in [4.78, 5) is 13.3. The van der Waals surface area contributed by atoms with Crippen molar-refractivity contribution in [2.45, 2.75) is 45.9 Å². The number of hydrogen-bond donors (Lipinski definition) is 1. The third-order valence-corrected chi connectivity index (χ3v) is 3.56. The molecule has 0 aromatic carbocycles. The summed E-state index contributed by atoms with van der Waals surface area (Å²) < 4.78 is 5.76. The summed E-state index contributed by atoms with van der Waals surface area (Å²) in [6.07, 6.45) is 3.15. The van der Waals surface area contributed by atoms with Gasteiger partial charge in [-0.3, -0.25) is 4.90 Å². The second-order valence-corrected chi connectivity index (χ2v) is 5.99. The minimum Gasteiger partial charge on any atom is -0.472 e. The maximum atomic E-state index is 9.55. The van der Waals surface area contributed by atoms with Crippen LogP contribution in [0.4, 0.5) is 5.82 Å². The van der Waals surface area contributed by atoms with Crippen LogP contribution in [0.2, 0.25) is 0 Å². The number of β-amino-alcohol motifs (C(OH)–C–C–N with tert-alkyl or cyclic N) is 1. The molecular weight excluding hydrogens is 268 g/mol. The minimum absolute atomic E-state index is 0.0781. The van der Waals surface area contributed by atoms with Crippen LogP contribution in [0, 0.1) is 0 Å². The topological polar surface area (TPSA) is 61.7 Å². The Morgan fingerprint density at radius 2 is 2.00 bits per heavy atom. The standard InChI is InChI=1S/C15H26N4O2/c1-11(2)21-15-14(16-5-6-17-15)19-8-7-18(10-13(4)20)12(3)9-19/h5-6,11-13,20H,7-10H2,1-4H3. The first-order valence-electron chi connectivity index (χ1n) is 7.62. The smallest absolute Gasteiger partial charge is 0.257 e. The fraction of sp³-hybridized carbons (Fsp3) is 0.733. The Labute approximate surface area is 126 Å². The fourth-order valence-corrected chi connectivity index (χ4v) is 2.64. The van der Waals surface area contributed by atoms with Gasteiger partial charge in [-0.05, 0) is 27.7 Å². The van der Waals surface area contributed by atoms with E-state index in [9.17, 15) is 5.11 Å². The van der Waals surface area contributed by atoms with Gasteiger partial charge < -0.3 is 14.7 Å². The van der Waals surface area contributed by atoms with Crippen molar-refractivity contribution in [2.75, 3.05) is 31.1 Å². The van der Waals surface area contributed by atoms with E-state index < -0.39 is 0 Å². The number of anilines is 1. The molecule has 1 aliphatic rings. The number of aliphatic hydroxyl groups is 1. The summed E-state index contributed by atoms with van der Waals surface area (Å²) in [5, 5.41) is 9.55. The average molecular weight is 294 g/mol. The second-order valence-electron chi connectivity index (χ2n) is 5.99. The van der Waals surface area contributed by atoms with E-state index in [0.29, 0.717) is 18.5 Å². The first-order chi connectivity index (χ1) is 9.97. The monoisotopic (exact) mass is 294 g/mol. The number of aromatic nitrogens is 2. The lowest BCUT2D eigenvalue weighted by molar-refractivity contribution is 0.0956. The molecule has 1 aliphatic heterocycles. The number of piperazine rings is 1. The van der Waals surface area contributed by atoms with Crippen LogP contribution >= 0.6 is 0 Å². The Kier molecular flexibility index (Phi) is 5.36. The van der Waals surface area contributed by atoms with E-state index in [1.807, 2.05) is 20.8 Å². The van der Waals surface area contributed by atoms with E-state index >= 15 is 0 Å². The molecule has 2 rings (SSSR count). The summed E-state index contributed by atoms with van der Waals surface area (Å²) in [6, 6.07) is 0.363. The molecule has 1 saturated heterocycles. The molecule has 1 fully saturated rings. The number of nitrogens with zero attached hydrogens (tertiary/aromatic N) is 4. The molecule has 6 heteroatoms. The van der Waals surface area contributed by atoms with Gasteiger partial charge in [-0.25, -0.2) is 9.97 Å². The Bertz CT molecular complexity index is 453. The largest absolute Gasteiger partial charge is 0.472 e. The highest BCUT2D eigenvalue weighted by molar-refractivity contribution is 5.48. The lowest BCUT2D eigenvalue weighted by Gasteiger charge is -2.41. The van der Waals surface area contributed by atoms with Gasteiger partial charge >= 0.3 is 0 Å². The van der Waals surface area contributed by atoms with Gasteiger partial charge in [0.25, 0.3) is 5.88 Å². The number of hydrogen-bond acceptors (Lipinski definition) is 6. The van der Waals surface area contributed by atoms with Crippen LogP contribution in [0.3, 0.4) is 0 Å². The molecule has 0 saturated carbocycles. The van der Waals surface area contributed by atoms with Crippen molar-refractivity contribution >= 4 is 5.82 Å². The summed E-state index contributed by atoms with van der Waals surface area (Å²) in [7, 11) is 0. The molecule has 2 heterocycles. The number of aliphatic hydroxyl groups excluding tert-OH is 1. The van der Waals surface area contributed by atoms with Crippen molar-refractivity contribution in [3.05, 3.63) is 12.4 Å². The molecular formula is C15H26N4O2. The normalized spacial score (nSPS) is 21.6. The maximum Gasteiger partial charge on any atom is 0.257 e. The molecule has 1 aromatic heterocycles. The molecule has 0 aliphatic carbocycles. The molecule has 0 bridgehead atoms. The molecule has 0 radical (unpaired) electrons. The van der Waals surface area contributed by atoms with Crippen molar-refractivity contribution in [3.63, 3.8) is 0 Å². The summed E-state index contributed by atoms with van der Waals surface area (Å²) in [6.45, 7) is 11.3. The molecule has 21 heavy (non-hydrogen) atoms. The molecule has 0 amide bonds. The van der Waals surface area contributed by atoms with E-state index in [-0.39, 0.29) is 12.2 Å². The average Bonchev–Trinajstić information content (AvgIpc) is 2.41. The Morgan fingerprint density at radius 1 is 1.29 bits per heavy atom. The van der Waals surface area contributed by atoms with Gasteiger partial charge in [-0.2, -0.15) is 0 Å². The van der Waals surface area contributed by atoms with Gasteiger partial charge in [0.15, 0.2) is 5.82 Å². The molecule has 0 spiro atoms. The first-order valence-corrected chi connectivity index (χ1v) is 7.62. The van der Waals surface area contributed by atoms with Crippen molar-refractivity contribution in [3.8, 4) is 5.88 Å². The molecule has 2 unspecified atom stereocenters. The zero-order chi connectivity index (χ0) is 15.4. The second kappa shape index (κ2) is 7.04. The zero-order valence-corrected chi connectivity index (χ0v) is 13.4. The molecule has 6 nitrogen and oxygen atoms in total. The Morgan fingerprint density at radius 3 is 2.62 bits per heavy atom. The van der Waals surface area contributed by atoms with Gasteiger partial charge in [0.1, 0.15) is 0 Å². The van der Waals surface area contributed by atoms with Crippen LogP contribution in [0.15, 0.2) is 12.4 Å². The van der Waals surface area contributed by atoms with Gasteiger partial charge in [0.05, 0.1) is 12.2 Å². The van der Waals surface area contributed by atoms with Crippen LogP contribution in [-0.2, 0) is 0 Å². The highest BCUT2D eigenvalue weighted by Gasteiger charge is 2.27. The molecule has 1 aromatic rings. The van der Waals surface area contributed by atoms with Crippen molar-refractivity contribution in [1.29, 1.82) is 0 Å². The van der Waals surface area contributed by atoms with E-state index in [1.165, 1.54) is 0 Å². The lowest BCUT2D eigenvalue weighted by Crippen LogP contribution is -2.53. The van der Waals surface area contributed by atoms with Gasteiger partial charge in [0.2, 0.25) is 0 Å². The van der Waals surface area contributed by atoms with Gasteiger partial charge in [-0.15, -0.1) is 0 Å². The predicted molar refractivity (Wildman–Crippen MR) is 82.7 cm³/mol. The summed E-state index contributed by atoms with van der Waals surface area (Å²) >= 11 is 0. The quantitative estimate of drug-likeness (QED) is 0.879. The van der Waals surface area contributed by atoms with Crippen LogP contribution < -0.4 is 9.64 Å². The van der Waals surface area contributed by atoms with Gasteiger partial charge in [0, 0.05) is 44.6 Å². The van der Waals surface area contributed by atoms with E-state index in [1.54, 1.807) is 12.4 Å². The van der Waals surface area contributed by atoms with Crippen LogP contribution in [0.1, 0.15) is 27.7 Å². The van der Waals surface area contributed by atoms with Gasteiger partial charge in [-0.1, -0.05) is 0 Å². The van der Waals surface area contributed by atoms with Crippen LogP contribution in [0.25, 0.3) is 0 Å². The maximum absolute atomic E-state index is 9.55. The van der Waals surface area contributed by atoms with Crippen molar-refractivity contribution in [1.82, 2.24) is 14.9 Å². The third kappa shape index (κ3) is 4.28. The number of ether oxygens (including phenoxy) is 1. The summed E-state index contributed by atoms with van der Waals surface area (Å²) in [5.41, 5.74) is 0. The SMILES string of the molecule is CC(O)CN1CCN(c2nccnc2OC(C)C)CC1C. The highest BCUT2D eigenvalue weighted by Crippen LogP contribution is 2.26. The Balaban J connectivity index is 2.07.